The number of hydrogen-bond acceptors (Lipinski definition) is 5. The predicted octanol–water partition coefficient (Wildman–Crippen LogP) is 3.83. The number of ether oxygens (including phenoxy) is 1. The van der Waals surface area contributed by atoms with Crippen LogP contribution in [0.2, 0.25) is 0 Å². The van der Waals surface area contributed by atoms with Crippen LogP contribution in [0.15, 0.2) is 35.2 Å². The van der Waals surface area contributed by atoms with E-state index in [0.717, 1.165) is 42.0 Å². The zero-order chi connectivity index (χ0) is 19.2. The van der Waals surface area contributed by atoms with Crippen LogP contribution in [0, 0.1) is 19.7 Å². The van der Waals surface area contributed by atoms with Crippen molar-refractivity contribution in [1.82, 2.24) is 15.3 Å². The molecule has 1 amide bonds. The number of amides is 1. The molecular formula is C20H24FN3O2S. The van der Waals surface area contributed by atoms with Gasteiger partial charge in [-0.3, -0.25) is 4.79 Å². The molecule has 0 saturated heterocycles. The molecule has 0 spiro atoms. The molecule has 27 heavy (non-hydrogen) atoms. The molecule has 1 heterocycles. The molecule has 1 N–H and O–H groups in total. The van der Waals surface area contributed by atoms with E-state index in [2.05, 4.69) is 15.3 Å². The number of thioether (sulfide) groups is 1. The predicted molar refractivity (Wildman–Crippen MR) is 103 cm³/mol. The van der Waals surface area contributed by atoms with Crippen LogP contribution in [-0.2, 0) is 4.79 Å². The first-order chi connectivity index (χ1) is 13.0. The van der Waals surface area contributed by atoms with Gasteiger partial charge in [0.25, 0.3) is 0 Å². The van der Waals surface area contributed by atoms with Crippen LogP contribution in [0.5, 0.6) is 6.01 Å². The fourth-order valence-electron chi connectivity index (χ4n) is 3.17. The van der Waals surface area contributed by atoms with Gasteiger partial charge in [0.1, 0.15) is 11.9 Å². The Kier molecular flexibility index (Phi) is 6.66. The van der Waals surface area contributed by atoms with Crippen LogP contribution < -0.4 is 10.1 Å². The maximum atomic E-state index is 12.9. The molecule has 0 aliphatic heterocycles. The Morgan fingerprint density at radius 1 is 1.15 bits per heavy atom. The smallest absolute Gasteiger partial charge is 0.317 e. The Morgan fingerprint density at radius 2 is 1.78 bits per heavy atom. The largest absolute Gasteiger partial charge is 0.460 e. The van der Waals surface area contributed by atoms with Gasteiger partial charge in [-0.25, -0.2) is 14.4 Å². The SMILES string of the molecule is Cc1cc(C)nc(OC2CCC(NC(=O)CSc3ccc(F)cc3)CC2)n1. The van der Waals surface area contributed by atoms with Crippen molar-refractivity contribution < 1.29 is 13.9 Å². The molecule has 0 radical (unpaired) electrons. The molecule has 3 rings (SSSR count). The second-order valence-corrected chi connectivity index (χ2v) is 7.88. The summed E-state index contributed by atoms with van der Waals surface area (Å²) in [6.45, 7) is 3.86. The average Bonchev–Trinajstić information content (AvgIpc) is 2.62. The molecule has 7 heteroatoms. The molecular weight excluding hydrogens is 365 g/mol. The zero-order valence-electron chi connectivity index (χ0n) is 15.6. The van der Waals surface area contributed by atoms with E-state index in [1.54, 1.807) is 12.1 Å². The van der Waals surface area contributed by atoms with Gasteiger partial charge in [0, 0.05) is 22.3 Å². The molecule has 1 fully saturated rings. The number of carbonyl (C=O) groups is 1. The van der Waals surface area contributed by atoms with Crippen molar-refractivity contribution >= 4 is 17.7 Å². The maximum absolute atomic E-state index is 12.9. The first-order valence-electron chi connectivity index (χ1n) is 9.14. The lowest BCUT2D eigenvalue weighted by molar-refractivity contribution is -0.119. The summed E-state index contributed by atoms with van der Waals surface area (Å²) in [5.41, 5.74) is 1.80. The van der Waals surface area contributed by atoms with Crippen molar-refractivity contribution in [2.24, 2.45) is 0 Å². The molecule has 1 aliphatic rings. The van der Waals surface area contributed by atoms with E-state index in [1.165, 1.54) is 23.9 Å². The summed E-state index contributed by atoms with van der Waals surface area (Å²) in [7, 11) is 0. The number of carbonyl (C=O) groups excluding carboxylic acids is 1. The number of benzene rings is 1. The lowest BCUT2D eigenvalue weighted by atomic mass is 9.93. The Labute approximate surface area is 163 Å². The second kappa shape index (κ2) is 9.17. The van der Waals surface area contributed by atoms with E-state index >= 15 is 0 Å². The van der Waals surface area contributed by atoms with Crippen LogP contribution in [0.3, 0.4) is 0 Å². The zero-order valence-corrected chi connectivity index (χ0v) is 16.4. The van der Waals surface area contributed by atoms with Gasteiger partial charge in [0.05, 0.1) is 5.75 Å². The van der Waals surface area contributed by atoms with E-state index in [1.807, 2.05) is 19.9 Å². The maximum Gasteiger partial charge on any atom is 0.317 e. The van der Waals surface area contributed by atoms with E-state index in [0.29, 0.717) is 11.8 Å². The molecule has 2 aromatic rings. The summed E-state index contributed by atoms with van der Waals surface area (Å²) in [5, 5.41) is 3.08. The van der Waals surface area contributed by atoms with Crippen LogP contribution in [0.25, 0.3) is 0 Å². The van der Waals surface area contributed by atoms with Gasteiger partial charge in [0.15, 0.2) is 0 Å². The number of aryl methyl sites for hydroxylation is 2. The van der Waals surface area contributed by atoms with Crippen molar-refractivity contribution in [1.29, 1.82) is 0 Å². The van der Waals surface area contributed by atoms with Gasteiger partial charge in [-0.05, 0) is 69.9 Å². The highest BCUT2D eigenvalue weighted by Gasteiger charge is 2.24. The second-order valence-electron chi connectivity index (χ2n) is 6.83. The first kappa shape index (κ1) is 19.6. The van der Waals surface area contributed by atoms with Crippen molar-refractivity contribution in [3.8, 4) is 6.01 Å². The fraction of sp³-hybridized carbons (Fsp3) is 0.450. The number of rotatable bonds is 6. The molecule has 1 aromatic carbocycles. The van der Waals surface area contributed by atoms with Crippen molar-refractivity contribution in [2.45, 2.75) is 56.6 Å². The Bertz CT molecular complexity index is 757. The van der Waals surface area contributed by atoms with Gasteiger partial charge >= 0.3 is 6.01 Å². The molecule has 1 saturated carbocycles. The lowest BCUT2D eigenvalue weighted by Gasteiger charge is -2.29. The van der Waals surface area contributed by atoms with Crippen molar-refractivity contribution in [3.05, 3.63) is 47.5 Å². The van der Waals surface area contributed by atoms with Gasteiger partial charge in [0.2, 0.25) is 5.91 Å². The average molecular weight is 389 g/mol. The van der Waals surface area contributed by atoms with Crippen LogP contribution in [-0.4, -0.2) is 33.8 Å². The monoisotopic (exact) mass is 389 g/mol. The molecule has 0 atom stereocenters. The molecule has 0 unspecified atom stereocenters. The topological polar surface area (TPSA) is 64.1 Å². The summed E-state index contributed by atoms with van der Waals surface area (Å²) in [4.78, 5) is 21.7. The number of halogens is 1. The summed E-state index contributed by atoms with van der Waals surface area (Å²) >= 11 is 1.41. The molecule has 144 valence electrons. The van der Waals surface area contributed by atoms with Crippen LogP contribution in [0.1, 0.15) is 37.1 Å². The number of nitrogens with one attached hydrogen (secondary N) is 1. The van der Waals surface area contributed by atoms with Gasteiger partial charge in [-0.1, -0.05) is 0 Å². The Hall–Kier alpha value is -2.15. The van der Waals surface area contributed by atoms with E-state index in [9.17, 15) is 9.18 Å². The highest BCUT2D eigenvalue weighted by molar-refractivity contribution is 8.00. The highest BCUT2D eigenvalue weighted by atomic mass is 32.2. The third-order valence-corrected chi connectivity index (χ3v) is 5.47. The van der Waals surface area contributed by atoms with E-state index in [4.69, 9.17) is 4.74 Å². The van der Waals surface area contributed by atoms with Crippen molar-refractivity contribution in [2.75, 3.05) is 5.75 Å². The number of nitrogens with zero attached hydrogens (tertiary/aromatic N) is 2. The fourth-order valence-corrected chi connectivity index (χ4v) is 3.88. The molecule has 1 aromatic heterocycles. The van der Waals surface area contributed by atoms with Crippen LogP contribution in [0.4, 0.5) is 4.39 Å². The molecule has 0 bridgehead atoms. The normalized spacial score (nSPS) is 19.5. The third kappa shape index (κ3) is 6.20. The lowest BCUT2D eigenvalue weighted by Crippen LogP contribution is -2.40. The minimum atomic E-state index is -0.269. The molecule has 5 nitrogen and oxygen atoms in total. The van der Waals surface area contributed by atoms with Crippen molar-refractivity contribution in [3.63, 3.8) is 0 Å². The van der Waals surface area contributed by atoms with Gasteiger partial charge < -0.3 is 10.1 Å². The minimum absolute atomic E-state index is 0.00587. The summed E-state index contributed by atoms with van der Waals surface area (Å²) < 4.78 is 18.8. The summed E-state index contributed by atoms with van der Waals surface area (Å²) in [5.74, 6) is 0.0682. The quantitative estimate of drug-likeness (QED) is 0.761. The van der Waals surface area contributed by atoms with E-state index < -0.39 is 0 Å². The summed E-state index contributed by atoms with van der Waals surface area (Å²) in [6, 6.07) is 8.71. The number of aromatic nitrogens is 2. The highest BCUT2D eigenvalue weighted by Crippen LogP contribution is 2.23. The Balaban J connectivity index is 1.39. The third-order valence-electron chi connectivity index (χ3n) is 4.46. The number of hydrogen-bond donors (Lipinski definition) is 1. The summed E-state index contributed by atoms with van der Waals surface area (Å²) in [6.07, 6.45) is 3.58. The standard InChI is InChI=1S/C20H24FN3O2S/c1-13-11-14(2)23-20(22-13)26-17-7-5-16(6-8-17)24-19(25)12-27-18-9-3-15(21)4-10-18/h3-4,9-11,16-17H,5-8,12H2,1-2H3,(H,24,25). The minimum Gasteiger partial charge on any atom is -0.460 e. The van der Waals surface area contributed by atoms with Gasteiger partial charge in [-0.15, -0.1) is 11.8 Å². The Morgan fingerprint density at radius 3 is 2.41 bits per heavy atom. The van der Waals surface area contributed by atoms with Crippen LogP contribution >= 0.6 is 11.8 Å². The first-order valence-corrected chi connectivity index (χ1v) is 10.1. The van der Waals surface area contributed by atoms with Gasteiger partial charge in [-0.2, -0.15) is 0 Å². The van der Waals surface area contributed by atoms with E-state index in [-0.39, 0.29) is 23.9 Å². The molecule has 1 aliphatic carbocycles.